The fourth-order valence-electron chi connectivity index (χ4n) is 4.23. The maximum atomic E-state index is 12.5. The van der Waals surface area contributed by atoms with E-state index in [1.165, 1.54) is 4.90 Å². The van der Waals surface area contributed by atoms with Crippen LogP contribution in [0.3, 0.4) is 0 Å². The highest BCUT2D eigenvalue weighted by molar-refractivity contribution is 6.05. The second kappa shape index (κ2) is 8.47. The third kappa shape index (κ3) is 3.97. The Hall–Kier alpha value is -2.17. The van der Waals surface area contributed by atoms with Crippen molar-refractivity contribution >= 4 is 17.7 Å². The molecule has 140 valence electrons. The Bertz CT molecular complexity index is 634. The first-order valence-corrected chi connectivity index (χ1v) is 9.81. The van der Waals surface area contributed by atoms with Crippen molar-refractivity contribution < 1.29 is 14.4 Å². The second-order valence-electron chi connectivity index (χ2n) is 7.40. The summed E-state index contributed by atoms with van der Waals surface area (Å²) in [4.78, 5) is 38.7. The van der Waals surface area contributed by atoms with E-state index < -0.39 is 0 Å². The van der Waals surface area contributed by atoms with Crippen LogP contribution in [-0.4, -0.2) is 29.2 Å². The van der Waals surface area contributed by atoms with Gasteiger partial charge in [0.25, 0.3) is 0 Å². The number of amides is 3. The van der Waals surface area contributed by atoms with Crippen LogP contribution in [0.15, 0.2) is 30.3 Å². The number of likely N-dealkylation sites (tertiary alicyclic amines) is 1. The minimum Gasteiger partial charge on any atom is -0.349 e. The van der Waals surface area contributed by atoms with E-state index in [-0.39, 0.29) is 48.6 Å². The molecule has 5 heteroatoms. The van der Waals surface area contributed by atoms with Crippen molar-refractivity contribution in [3.05, 3.63) is 35.9 Å². The molecule has 0 radical (unpaired) electrons. The molecule has 3 atom stereocenters. The van der Waals surface area contributed by atoms with Crippen LogP contribution >= 0.6 is 0 Å². The molecule has 0 unspecified atom stereocenters. The molecule has 5 nitrogen and oxygen atoms in total. The lowest BCUT2D eigenvalue weighted by molar-refractivity contribution is -0.140. The highest BCUT2D eigenvalue weighted by Gasteiger charge is 2.47. The molecule has 0 bridgehead atoms. The number of carbonyl (C=O) groups excluding carboxylic acids is 3. The molecule has 3 rings (SSSR count). The smallest absolute Gasteiger partial charge is 0.233 e. The van der Waals surface area contributed by atoms with E-state index in [1.54, 1.807) is 0 Å². The Morgan fingerprint density at radius 2 is 1.73 bits per heavy atom. The Morgan fingerprint density at radius 3 is 2.31 bits per heavy atom. The zero-order valence-corrected chi connectivity index (χ0v) is 15.4. The Balaban J connectivity index is 1.56. The number of nitrogens with one attached hydrogen (secondary N) is 1. The number of hydrogen-bond acceptors (Lipinski definition) is 3. The number of imide groups is 1. The van der Waals surface area contributed by atoms with Gasteiger partial charge in [0, 0.05) is 13.0 Å². The van der Waals surface area contributed by atoms with Gasteiger partial charge in [-0.3, -0.25) is 19.3 Å². The summed E-state index contributed by atoms with van der Waals surface area (Å²) in [5, 5.41) is 3.06. The molecular formula is C21H28N2O3. The van der Waals surface area contributed by atoms with Gasteiger partial charge in [-0.05, 0) is 24.8 Å². The minimum atomic E-state index is -0.142. The highest BCUT2D eigenvalue weighted by atomic mass is 16.2. The van der Waals surface area contributed by atoms with Gasteiger partial charge in [-0.2, -0.15) is 0 Å². The van der Waals surface area contributed by atoms with Gasteiger partial charge in [-0.15, -0.1) is 0 Å². The molecule has 1 aromatic rings. The van der Waals surface area contributed by atoms with Crippen molar-refractivity contribution in [3.8, 4) is 0 Å². The Labute approximate surface area is 155 Å². The van der Waals surface area contributed by atoms with Crippen LogP contribution in [0.1, 0.15) is 63.5 Å². The summed E-state index contributed by atoms with van der Waals surface area (Å²) < 4.78 is 0. The summed E-state index contributed by atoms with van der Waals surface area (Å²) in [6, 6.07) is 9.89. The molecule has 2 fully saturated rings. The zero-order chi connectivity index (χ0) is 18.5. The normalized spacial score (nSPS) is 23.7. The van der Waals surface area contributed by atoms with E-state index in [2.05, 4.69) is 12.2 Å². The molecule has 0 spiro atoms. The fraction of sp³-hybridized carbons (Fsp3) is 0.571. The van der Waals surface area contributed by atoms with E-state index >= 15 is 0 Å². The first-order chi connectivity index (χ1) is 12.6. The molecule has 1 aromatic carbocycles. The van der Waals surface area contributed by atoms with E-state index in [4.69, 9.17) is 0 Å². The van der Waals surface area contributed by atoms with E-state index in [1.807, 2.05) is 30.3 Å². The Kier molecular flexibility index (Phi) is 6.07. The van der Waals surface area contributed by atoms with E-state index in [0.717, 1.165) is 44.1 Å². The van der Waals surface area contributed by atoms with Gasteiger partial charge in [-0.25, -0.2) is 0 Å². The average molecular weight is 356 g/mol. The summed E-state index contributed by atoms with van der Waals surface area (Å²) in [5.74, 6) is -0.531. The number of rotatable bonds is 7. The van der Waals surface area contributed by atoms with Crippen molar-refractivity contribution in [2.45, 2.75) is 57.9 Å². The summed E-state index contributed by atoms with van der Waals surface area (Å²) in [5.41, 5.74) is 1.09. The predicted molar refractivity (Wildman–Crippen MR) is 99.0 cm³/mol. The summed E-state index contributed by atoms with van der Waals surface area (Å²) in [6.45, 7) is 2.29. The van der Waals surface area contributed by atoms with Gasteiger partial charge in [0.2, 0.25) is 17.7 Å². The molecule has 1 aliphatic heterocycles. The van der Waals surface area contributed by atoms with Gasteiger partial charge in [0.1, 0.15) is 0 Å². The molecule has 3 amide bonds. The number of nitrogens with zero attached hydrogens (tertiary/aromatic N) is 1. The molecule has 2 aliphatic rings. The third-order valence-electron chi connectivity index (χ3n) is 5.61. The van der Waals surface area contributed by atoms with Crippen LogP contribution in [-0.2, 0) is 14.4 Å². The van der Waals surface area contributed by atoms with Crippen LogP contribution in [0.25, 0.3) is 0 Å². The molecule has 1 N–H and O–H groups in total. The second-order valence-corrected chi connectivity index (χ2v) is 7.40. The SMILES string of the molecule is CCC[C@H](NC(=O)CCN1C(=O)[C@H]2CCCC[C@H]2C1=O)c1ccccc1. The molecule has 1 aliphatic carbocycles. The fourth-order valence-corrected chi connectivity index (χ4v) is 4.23. The molecular weight excluding hydrogens is 328 g/mol. The molecule has 1 saturated heterocycles. The molecule has 1 saturated carbocycles. The highest BCUT2D eigenvalue weighted by Crippen LogP contribution is 2.37. The van der Waals surface area contributed by atoms with Gasteiger partial charge in [0.15, 0.2) is 0 Å². The minimum absolute atomic E-state index is 0.0266. The van der Waals surface area contributed by atoms with Crippen molar-refractivity contribution in [2.24, 2.45) is 11.8 Å². The van der Waals surface area contributed by atoms with Crippen LogP contribution in [0.5, 0.6) is 0 Å². The van der Waals surface area contributed by atoms with Crippen molar-refractivity contribution in [3.63, 3.8) is 0 Å². The maximum absolute atomic E-state index is 12.5. The molecule has 26 heavy (non-hydrogen) atoms. The lowest BCUT2D eigenvalue weighted by atomic mass is 9.81. The van der Waals surface area contributed by atoms with Gasteiger partial charge in [0.05, 0.1) is 17.9 Å². The van der Waals surface area contributed by atoms with E-state index in [0.29, 0.717) is 0 Å². The number of carbonyl (C=O) groups is 3. The number of hydrogen-bond donors (Lipinski definition) is 1. The van der Waals surface area contributed by atoms with Gasteiger partial charge in [-0.1, -0.05) is 56.5 Å². The number of benzene rings is 1. The van der Waals surface area contributed by atoms with E-state index in [9.17, 15) is 14.4 Å². The van der Waals surface area contributed by atoms with Crippen molar-refractivity contribution in [2.75, 3.05) is 6.54 Å². The maximum Gasteiger partial charge on any atom is 0.233 e. The van der Waals surface area contributed by atoms with Crippen LogP contribution in [0.4, 0.5) is 0 Å². The largest absolute Gasteiger partial charge is 0.349 e. The third-order valence-corrected chi connectivity index (χ3v) is 5.61. The topological polar surface area (TPSA) is 66.5 Å². The first-order valence-electron chi connectivity index (χ1n) is 9.81. The molecule has 1 heterocycles. The predicted octanol–water partition coefficient (Wildman–Crippen LogP) is 3.21. The Morgan fingerprint density at radius 1 is 1.12 bits per heavy atom. The summed E-state index contributed by atoms with van der Waals surface area (Å²) in [6.07, 6.45) is 5.65. The first kappa shape index (κ1) is 18.6. The average Bonchev–Trinajstić information content (AvgIpc) is 2.91. The zero-order valence-electron chi connectivity index (χ0n) is 15.4. The number of fused-ring (bicyclic) bond motifs is 1. The van der Waals surface area contributed by atoms with Crippen LogP contribution in [0.2, 0.25) is 0 Å². The van der Waals surface area contributed by atoms with Crippen LogP contribution < -0.4 is 5.32 Å². The molecule has 0 aromatic heterocycles. The van der Waals surface area contributed by atoms with Crippen LogP contribution in [0, 0.1) is 11.8 Å². The quantitative estimate of drug-likeness (QED) is 0.763. The standard InChI is InChI=1S/C21H28N2O3/c1-2-8-18(15-9-4-3-5-10-15)22-19(24)13-14-23-20(25)16-11-6-7-12-17(16)21(23)26/h3-5,9-10,16-18H,2,6-8,11-14H2,1H3,(H,22,24)/t16-,17+,18-/m0/s1. The van der Waals surface area contributed by atoms with Crippen molar-refractivity contribution in [1.82, 2.24) is 10.2 Å². The van der Waals surface area contributed by atoms with Crippen molar-refractivity contribution in [1.29, 1.82) is 0 Å². The van der Waals surface area contributed by atoms with Gasteiger partial charge >= 0.3 is 0 Å². The monoisotopic (exact) mass is 356 g/mol. The van der Waals surface area contributed by atoms with Gasteiger partial charge < -0.3 is 5.32 Å². The summed E-state index contributed by atoms with van der Waals surface area (Å²) in [7, 11) is 0. The summed E-state index contributed by atoms with van der Waals surface area (Å²) >= 11 is 0. The lowest BCUT2D eigenvalue weighted by Gasteiger charge is -2.20. The lowest BCUT2D eigenvalue weighted by Crippen LogP contribution is -2.36.